The quantitative estimate of drug-likeness (QED) is 0.759. The molecule has 0 bridgehead atoms. The topological polar surface area (TPSA) is 78.4 Å². The van der Waals surface area contributed by atoms with Crippen LogP contribution in [-0.2, 0) is 29.2 Å². The third-order valence-corrected chi connectivity index (χ3v) is 3.41. The van der Waals surface area contributed by atoms with Crippen molar-refractivity contribution in [2.45, 2.75) is 26.5 Å². The smallest absolute Gasteiger partial charge is 0.224 e. The van der Waals surface area contributed by atoms with E-state index in [4.69, 9.17) is 5.11 Å². The van der Waals surface area contributed by atoms with Crippen molar-refractivity contribution >= 4 is 17.5 Å². The van der Waals surface area contributed by atoms with Gasteiger partial charge in [-0.05, 0) is 35.4 Å². The summed E-state index contributed by atoms with van der Waals surface area (Å²) in [4.78, 5) is 22.9. The van der Waals surface area contributed by atoms with Crippen molar-refractivity contribution in [3.05, 3.63) is 65.0 Å². The predicted molar refractivity (Wildman–Crippen MR) is 88.6 cm³/mol. The van der Waals surface area contributed by atoms with Gasteiger partial charge in [0.25, 0.3) is 0 Å². The summed E-state index contributed by atoms with van der Waals surface area (Å²) in [6.07, 6.45) is 0.203. The maximum Gasteiger partial charge on any atom is 0.224 e. The number of aliphatic hydroxyl groups excluding tert-OH is 1. The van der Waals surface area contributed by atoms with E-state index in [-0.39, 0.29) is 37.0 Å². The fourth-order valence-corrected chi connectivity index (χ4v) is 2.22. The number of benzene rings is 2. The number of hydrogen-bond acceptors (Lipinski definition) is 3. The molecule has 6 heteroatoms. The molecule has 0 saturated carbocycles. The largest absolute Gasteiger partial charge is 0.392 e. The Bertz CT molecular complexity index is 730. The second-order valence-corrected chi connectivity index (χ2v) is 5.42. The third-order valence-electron chi connectivity index (χ3n) is 3.41. The van der Waals surface area contributed by atoms with Gasteiger partial charge in [-0.25, -0.2) is 4.39 Å². The Kier molecular flexibility index (Phi) is 6.03. The second-order valence-electron chi connectivity index (χ2n) is 5.42. The van der Waals surface area contributed by atoms with Crippen LogP contribution >= 0.6 is 0 Å². The number of rotatable bonds is 6. The zero-order chi connectivity index (χ0) is 17.5. The minimum absolute atomic E-state index is 0.151. The predicted octanol–water partition coefficient (Wildman–Crippen LogP) is 2.14. The van der Waals surface area contributed by atoms with E-state index in [1.165, 1.54) is 19.1 Å². The highest BCUT2D eigenvalue weighted by atomic mass is 19.1. The van der Waals surface area contributed by atoms with Crippen molar-refractivity contribution < 1.29 is 19.1 Å². The molecule has 0 aliphatic heterocycles. The number of carbonyl (C=O) groups is 2. The Labute approximate surface area is 139 Å². The molecule has 0 spiro atoms. The lowest BCUT2D eigenvalue weighted by atomic mass is 10.1. The SMILES string of the molecule is CC(=O)Nc1ccc(CC(=O)NCc2ccc(F)c(CO)c2)cc1. The van der Waals surface area contributed by atoms with Gasteiger partial charge in [0.2, 0.25) is 11.8 Å². The highest BCUT2D eigenvalue weighted by Crippen LogP contribution is 2.12. The normalized spacial score (nSPS) is 10.3. The molecule has 2 rings (SSSR count). The molecule has 24 heavy (non-hydrogen) atoms. The van der Waals surface area contributed by atoms with Crippen LogP contribution in [0.25, 0.3) is 0 Å². The second kappa shape index (κ2) is 8.21. The van der Waals surface area contributed by atoms with E-state index in [9.17, 15) is 14.0 Å². The van der Waals surface area contributed by atoms with E-state index in [0.29, 0.717) is 5.69 Å². The number of amides is 2. The Morgan fingerprint density at radius 1 is 1.08 bits per heavy atom. The summed E-state index contributed by atoms with van der Waals surface area (Å²) in [6, 6.07) is 11.4. The number of nitrogens with one attached hydrogen (secondary N) is 2. The number of aliphatic hydroxyl groups is 1. The van der Waals surface area contributed by atoms with Crippen molar-refractivity contribution in [1.82, 2.24) is 5.32 Å². The van der Waals surface area contributed by atoms with Crippen LogP contribution in [0.5, 0.6) is 0 Å². The molecule has 0 aliphatic rings. The van der Waals surface area contributed by atoms with Gasteiger partial charge in [0.15, 0.2) is 0 Å². The van der Waals surface area contributed by atoms with Gasteiger partial charge in [-0.15, -0.1) is 0 Å². The minimum Gasteiger partial charge on any atom is -0.392 e. The van der Waals surface area contributed by atoms with E-state index < -0.39 is 5.82 Å². The summed E-state index contributed by atoms with van der Waals surface area (Å²) < 4.78 is 13.3. The van der Waals surface area contributed by atoms with Crippen molar-refractivity contribution in [1.29, 1.82) is 0 Å². The Morgan fingerprint density at radius 2 is 1.75 bits per heavy atom. The van der Waals surface area contributed by atoms with Gasteiger partial charge in [0, 0.05) is 24.7 Å². The Hall–Kier alpha value is -2.73. The van der Waals surface area contributed by atoms with Crippen LogP contribution in [-0.4, -0.2) is 16.9 Å². The van der Waals surface area contributed by atoms with Crippen LogP contribution in [0.3, 0.4) is 0 Å². The van der Waals surface area contributed by atoms with Gasteiger partial charge in [-0.3, -0.25) is 9.59 Å². The summed E-state index contributed by atoms with van der Waals surface area (Å²) in [6.45, 7) is 1.31. The summed E-state index contributed by atoms with van der Waals surface area (Å²) >= 11 is 0. The van der Waals surface area contributed by atoms with Gasteiger partial charge < -0.3 is 15.7 Å². The van der Waals surface area contributed by atoms with Crippen LogP contribution in [0.4, 0.5) is 10.1 Å². The summed E-state index contributed by atoms with van der Waals surface area (Å²) in [5.41, 5.74) is 2.41. The van der Waals surface area contributed by atoms with Crippen LogP contribution in [0, 0.1) is 5.82 Å². The Morgan fingerprint density at radius 3 is 2.38 bits per heavy atom. The standard InChI is InChI=1S/C18H19FN2O3/c1-12(23)21-16-5-2-13(3-6-16)9-18(24)20-10-14-4-7-17(19)15(8-14)11-22/h2-8,22H,9-11H2,1H3,(H,20,24)(H,21,23). The van der Waals surface area contributed by atoms with Crippen LogP contribution < -0.4 is 10.6 Å². The molecule has 3 N–H and O–H groups in total. The fourth-order valence-electron chi connectivity index (χ4n) is 2.22. The summed E-state index contributed by atoms with van der Waals surface area (Å²) in [5, 5.41) is 14.4. The molecule has 5 nitrogen and oxygen atoms in total. The molecular weight excluding hydrogens is 311 g/mol. The maximum absolute atomic E-state index is 13.3. The first-order valence-electron chi connectivity index (χ1n) is 7.49. The van der Waals surface area contributed by atoms with E-state index in [1.54, 1.807) is 30.3 Å². The number of anilines is 1. The van der Waals surface area contributed by atoms with Crippen molar-refractivity contribution in [3.8, 4) is 0 Å². The molecule has 0 heterocycles. The van der Waals surface area contributed by atoms with Gasteiger partial charge in [0.05, 0.1) is 13.0 Å². The van der Waals surface area contributed by atoms with E-state index >= 15 is 0 Å². The number of hydrogen-bond donors (Lipinski definition) is 3. The van der Waals surface area contributed by atoms with Gasteiger partial charge in [-0.1, -0.05) is 18.2 Å². The molecule has 2 amide bonds. The molecule has 0 saturated heterocycles. The average molecular weight is 330 g/mol. The lowest BCUT2D eigenvalue weighted by Gasteiger charge is -2.08. The first-order valence-corrected chi connectivity index (χ1v) is 7.49. The molecule has 0 aliphatic carbocycles. The molecule has 2 aromatic rings. The molecule has 0 radical (unpaired) electrons. The minimum atomic E-state index is -0.466. The lowest BCUT2D eigenvalue weighted by molar-refractivity contribution is -0.120. The van der Waals surface area contributed by atoms with Gasteiger partial charge in [-0.2, -0.15) is 0 Å². The molecular formula is C18H19FN2O3. The Balaban J connectivity index is 1.88. The first kappa shape index (κ1) is 17.6. The highest BCUT2D eigenvalue weighted by Gasteiger charge is 2.06. The highest BCUT2D eigenvalue weighted by molar-refractivity contribution is 5.88. The van der Waals surface area contributed by atoms with E-state index in [1.807, 2.05) is 0 Å². The van der Waals surface area contributed by atoms with Gasteiger partial charge in [0.1, 0.15) is 5.82 Å². The third kappa shape index (κ3) is 5.17. The van der Waals surface area contributed by atoms with Crippen LogP contribution in [0.1, 0.15) is 23.6 Å². The molecule has 0 aromatic heterocycles. The summed E-state index contributed by atoms with van der Waals surface area (Å²) in [5.74, 6) is -0.786. The molecule has 2 aromatic carbocycles. The first-order chi connectivity index (χ1) is 11.5. The number of carbonyl (C=O) groups excluding carboxylic acids is 2. The molecule has 0 atom stereocenters. The molecule has 0 unspecified atom stereocenters. The zero-order valence-electron chi connectivity index (χ0n) is 13.3. The number of halogens is 1. The van der Waals surface area contributed by atoms with Crippen molar-refractivity contribution in [2.24, 2.45) is 0 Å². The van der Waals surface area contributed by atoms with Crippen LogP contribution in [0.2, 0.25) is 0 Å². The molecule has 0 fully saturated rings. The van der Waals surface area contributed by atoms with E-state index in [0.717, 1.165) is 11.1 Å². The lowest BCUT2D eigenvalue weighted by Crippen LogP contribution is -2.24. The summed E-state index contributed by atoms with van der Waals surface area (Å²) in [7, 11) is 0. The van der Waals surface area contributed by atoms with Crippen molar-refractivity contribution in [2.75, 3.05) is 5.32 Å². The zero-order valence-corrected chi connectivity index (χ0v) is 13.3. The maximum atomic E-state index is 13.3. The monoisotopic (exact) mass is 330 g/mol. The fraction of sp³-hybridized carbons (Fsp3) is 0.222. The average Bonchev–Trinajstić information content (AvgIpc) is 2.55. The molecule has 126 valence electrons. The van der Waals surface area contributed by atoms with Crippen molar-refractivity contribution in [3.63, 3.8) is 0 Å². The van der Waals surface area contributed by atoms with E-state index in [2.05, 4.69) is 10.6 Å². The van der Waals surface area contributed by atoms with Gasteiger partial charge >= 0.3 is 0 Å². The van der Waals surface area contributed by atoms with Crippen LogP contribution in [0.15, 0.2) is 42.5 Å².